The number of hydrogen-bond acceptors (Lipinski definition) is 3. The summed E-state index contributed by atoms with van der Waals surface area (Å²) in [6.45, 7) is 0.428. The average molecular weight is 341 g/mol. The van der Waals surface area contributed by atoms with Crippen molar-refractivity contribution < 1.29 is 4.79 Å². The Labute approximate surface area is 139 Å². The molecule has 2 rings (SSSR count). The van der Waals surface area contributed by atoms with Crippen LogP contribution in [0.5, 0.6) is 0 Å². The van der Waals surface area contributed by atoms with E-state index in [0.29, 0.717) is 16.6 Å². The van der Waals surface area contributed by atoms with E-state index in [-0.39, 0.29) is 5.91 Å². The normalized spacial score (nSPS) is 12.2. The van der Waals surface area contributed by atoms with Crippen LogP contribution in [0.25, 0.3) is 0 Å². The molecule has 0 aliphatic heterocycles. The van der Waals surface area contributed by atoms with Crippen LogP contribution in [0.15, 0.2) is 30.6 Å². The number of hydrogen-bond donors (Lipinski definition) is 1. The van der Waals surface area contributed by atoms with Crippen molar-refractivity contribution >= 4 is 29.1 Å². The van der Waals surface area contributed by atoms with Crippen LogP contribution in [0.4, 0.5) is 0 Å². The van der Waals surface area contributed by atoms with Gasteiger partial charge in [-0.25, -0.2) is 0 Å². The molecule has 22 heavy (non-hydrogen) atoms. The van der Waals surface area contributed by atoms with Crippen molar-refractivity contribution in [3.63, 3.8) is 0 Å². The number of benzene rings is 1. The molecule has 1 heterocycles. The minimum absolute atomic E-state index is 0.0494. The summed E-state index contributed by atoms with van der Waals surface area (Å²) in [4.78, 5) is 14.3. The van der Waals surface area contributed by atoms with Gasteiger partial charge in [-0.3, -0.25) is 9.48 Å². The topological polar surface area (TPSA) is 50.2 Å². The quantitative estimate of drug-likeness (QED) is 0.910. The first-order valence-corrected chi connectivity index (χ1v) is 7.52. The van der Waals surface area contributed by atoms with Crippen molar-refractivity contribution in [2.75, 3.05) is 14.1 Å². The van der Waals surface area contributed by atoms with Crippen LogP contribution in [-0.2, 0) is 18.4 Å². The van der Waals surface area contributed by atoms with E-state index in [4.69, 9.17) is 23.2 Å². The molecule has 1 atom stereocenters. The minimum Gasteiger partial charge on any atom is -0.340 e. The van der Waals surface area contributed by atoms with Crippen LogP contribution in [0.3, 0.4) is 0 Å². The molecule has 0 fully saturated rings. The number of aryl methyl sites for hydroxylation is 1. The largest absolute Gasteiger partial charge is 0.340 e. The summed E-state index contributed by atoms with van der Waals surface area (Å²) >= 11 is 12.0. The van der Waals surface area contributed by atoms with Gasteiger partial charge in [-0.15, -0.1) is 0 Å². The van der Waals surface area contributed by atoms with E-state index in [1.807, 2.05) is 13.2 Å². The molecule has 0 spiro atoms. The molecule has 0 saturated carbocycles. The van der Waals surface area contributed by atoms with Crippen molar-refractivity contribution in [2.45, 2.75) is 12.6 Å². The lowest BCUT2D eigenvalue weighted by Gasteiger charge is -2.23. The maximum Gasteiger partial charge on any atom is 0.244 e. The molecule has 0 aliphatic carbocycles. The first-order valence-electron chi connectivity index (χ1n) is 6.76. The highest BCUT2D eigenvalue weighted by Crippen LogP contribution is 2.21. The zero-order chi connectivity index (χ0) is 16.3. The second-order valence-electron chi connectivity index (χ2n) is 5.14. The number of rotatable bonds is 5. The van der Waals surface area contributed by atoms with Crippen molar-refractivity contribution in [3.05, 3.63) is 51.8 Å². The molecule has 1 N–H and O–H groups in total. The molecule has 0 saturated heterocycles. The first kappa shape index (κ1) is 16.8. The van der Waals surface area contributed by atoms with E-state index in [9.17, 15) is 4.79 Å². The van der Waals surface area contributed by atoms with Gasteiger partial charge in [0.2, 0.25) is 5.91 Å². The molecule has 7 heteroatoms. The van der Waals surface area contributed by atoms with E-state index in [2.05, 4.69) is 10.4 Å². The molecule has 1 aromatic carbocycles. The maximum atomic E-state index is 12.6. The first-order chi connectivity index (χ1) is 10.4. The fourth-order valence-corrected chi connectivity index (χ4v) is 2.87. The van der Waals surface area contributed by atoms with E-state index >= 15 is 0 Å². The summed E-state index contributed by atoms with van der Waals surface area (Å²) in [7, 11) is 5.32. The van der Waals surface area contributed by atoms with E-state index < -0.39 is 6.04 Å². The zero-order valence-corrected chi connectivity index (χ0v) is 14.2. The number of carbonyl (C=O) groups excluding carboxylic acids is 1. The van der Waals surface area contributed by atoms with Crippen LogP contribution in [0.2, 0.25) is 10.0 Å². The van der Waals surface area contributed by atoms with Crippen molar-refractivity contribution in [1.82, 2.24) is 20.0 Å². The highest BCUT2D eigenvalue weighted by molar-refractivity contribution is 6.34. The van der Waals surface area contributed by atoms with Gasteiger partial charge in [-0.2, -0.15) is 5.10 Å². The molecule has 0 bridgehead atoms. The Balaban J connectivity index is 2.13. The van der Waals surface area contributed by atoms with Crippen molar-refractivity contribution in [3.8, 4) is 0 Å². The van der Waals surface area contributed by atoms with E-state index in [0.717, 1.165) is 11.1 Å². The van der Waals surface area contributed by atoms with Crippen LogP contribution in [0.1, 0.15) is 17.2 Å². The van der Waals surface area contributed by atoms with Gasteiger partial charge >= 0.3 is 0 Å². The number of likely N-dealkylation sites (N-methyl/N-ethyl adjacent to an activating group) is 2. The third-order valence-corrected chi connectivity index (χ3v) is 3.75. The SMILES string of the molecule is CNC(C(=O)N(C)Cc1cc(Cl)cc(Cl)c1)c1cnn(C)c1. The molecule has 1 aromatic heterocycles. The third kappa shape index (κ3) is 4.00. The monoisotopic (exact) mass is 340 g/mol. The molecule has 2 aromatic rings. The highest BCUT2D eigenvalue weighted by atomic mass is 35.5. The molecule has 1 amide bonds. The Bertz CT molecular complexity index is 651. The Morgan fingerprint density at radius 3 is 2.50 bits per heavy atom. The molecule has 0 aliphatic rings. The predicted molar refractivity (Wildman–Crippen MR) is 87.9 cm³/mol. The Hall–Kier alpha value is -1.56. The van der Waals surface area contributed by atoms with Gasteiger partial charge in [0, 0.05) is 42.4 Å². The fraction of sp³-hybridized carbons (Fsp3) is 0.333. The highest BCUT2D eigenvalue weighted by Gasteiger charge is 2.23. The van der Waals surface area contributed by atoms with E-state index in [1.54, 1.807) is 48.1 Å². The number of nitrogens with zero attached hydrogens (tertiary/aromatic N) is 3. The lowest BCUT2D eigenvalue weighted by molar-refractivity contribution is -0.132. The van der Waals surface area contributed by atoms with Crippen LogP contribution in [0, 0.1) is 0 Å². The second-order valence-corrected chi connectivity index (χ2v) is 6.01. The Morgan fingerprint density at radius 1 is 1.36 bits per heavy atom. The predicted octanol–water partition coefficient (Wildman–Crippen LogP) is 2.65. The van der Waals surface area contributed by atoms with Gasteiger partial charge in [0.15, 0.2) is 0 Å². The Morgan fingerprint density at radius 2 is 2.00 bits per heavy atom. The molecule has 118 valence electrons. The van der Waals surface area contributed by atoms with Gasteiger partial charge in [-0.05, 0) is 30.8 Å². The van der Waals surface area contributed by atoms with Crippen LogP contribution >= 0.6 is 23.2 Å². The molecular formula is C15H18Cl2N4O. The summed E-state index contributed by atoms with van der Waals surface area (Å²) < 4.78 is 1.67. The standard InChI is InChI=1S/C15H18Cl2N4O/c1-18-14(11-7-19-21(3)9-11)15(22)20(2)8-10-4-12(16)6-13(17)5-10/h4-7,9,14,18H,8H2,1-3H3. The second kappa shape index (κ2) is 7.13. The van der Waals surface area contributed by atoms with Crippen molar-refractivity contribution in [2.24, 2.45) is 7.05 Å². The van der Waals surface area contributed by atoms with Crippen molar-refractivity contribution in [1.29, 1.82) is 0 Å². The van der Waals surface area contributed by atoms with E-state index in [1.165, 1.54) is 0 Å². The lowest BCUT2D eigenvalue weighted by Crippen LogP contribution is -2.37. The summed E-state index contributed by atoms with van der Waals surface area (Å²) in [6.07, 6.45) is 3.51. The Kier molecular flexibility index (Phi) is 5.45. The third-order valence-electron chi connectivity index (χ3n) is 3.31. The van der Waals surface area contributed by atoms with Gasteiger partial charge in [0.25, 0.3) is 0 Å². The lowest BCUT2D eigenvalue weighted by atomic mass is 10.1. The van der Waals surface area contributed by atoms with Gasteiger partial charge in [0.05, 0.1) is 6.20 Å². The summed E-state index contributed by atoms with van der Waals surface area (Å²) in [5, 5.41) is 8.24. The molecule has 5 nitrogen and oxygen atoms in total. The number of aromatic nitrogens is 2. The number of nitrogens with one attached hydrogen (secondary N) is 1. The molecular weight excluding hydrogens is 323 g/mol. The minimum atomic E-state index is -0.437. The summed E-state index contributed by atoms with van der Waals surface area (Å²) in [5.41, 5.74) is 1.71. The zero-order valence-electron chi connectivity index (χ0n) is 12.7. The maximum absolute atomic E-state index is 12.6. The van der Waals surface area contributed by atoms with Gasteiger partial charge in [-0.1, -0.05) is 23.2 Å². The summed E-state index contributed by atoms with van der Waals surface area (Å²) in [6, 6.07) is 4.83. The number of carbonyl (C=O) groups is 1. The smallest absolute Gasteiger partial charge is 0.244 e. The fourth-order valence-electron chi connectivity index (χ4n) is 2.30. The van der Waals surface area contributed by atoms with Crippen LogP contribution < -0.4 is 5.32 Å². The number of amides is 1. The molecule has 1 unspecified atom stereocenters. The van der Waals surface area contributed by atoms with Gasteiger partial charge < -0.3 is 10.2 Å². The number of halogens is 2. The van der Waals surface area contributed by atoms with Gasteiger partial charge in [0.1, 0.15) is 6.04 Å². The molecule has 0 radical (unpaired) electrons. The van der Waals surface area contributed by atoms with Crippen LogP contribution in [-0.4, -0.2) is 34.7 Å². The summed E-state index contributed by atoms with van der Waals surface area (Å²) in [5.74, 6) is -0.0494. The average Bonchev–Trinajstić information content (AvgIpc) is 2.84.